The third-order valence-corrected chi connectivity index (χ3v) is 36.4. The molecule has 89 heavy (non-hydrogen) atoms. The molecule has 16 heteroatoms. The number of hydrogen-bond acceptors (Lipinski definition) is 16. The van der Waals surface area contributed by atoms with Crippen LogP contribution in [0.4, 0.5) is 0 Å². The van der Waals surface area contributed by atoms with Crippen LogP contribution in [0.15, 0.2) is 182 Å². The zero-order valence-electron chi connectivity index (χ0n) is 52.3. The average molecular weight is 1380 g/mol. The first-order valence-corrected chi connectivity index (χ1v) is 42.1. The normalized spacial score (nSPS) is 31.9. The molecule has 0 saturated carbocycles. The Morgan fingerprint density at radius 1 is 0.517 bits per heavy atom. The van der Waals surface area contributed by atoms with Crippen LogP contribution in [0.3, 0.4) is 0 Å². The van der Waals surface area contributed by atoms with Gasteiger partial charge in [0.2, 0.25) is 0 Å². The second kappa shape index (κ2) is 30.6. The van der Waals surface area contributed by atoms with Crippen molar-refractivity contribution in [2.24, 2.45) is 17.6 Å². The second-order valence-corrected chi connectivity index (χ2v) is 40.1. The van der Waals surface area contributed by atoms with Crippen molar-refractivity contribution in [1.82, 2.24) is 20.9 Å². The highest BCUT2D eigenvalue weighted by atomic mass is 32.2. The molecule has 6 saturated heterocycles. The fourth-order valence-corrected chi connectivity index (χ4v) is 32.3. The number of nitrogens with one attached hydrogen (secondary N) is 3. The Morgan fingerprint density at radius 2 is 0.955 bits per heavy atom. The Balaban J connectivity index is 0.982. The van der Waals surface area contributed by atoms with Crippen LogP contribution in [0.25, 0.3) is 0 Å². The molecule has 6 aromatic rings. The van der Waals surface area contributed by atoms with Crippen LogP contribution in [0, 0.1) is 11.8 Å². The van der Waals surface area contributed by atoms with Crippen LogP contribution in [0.1, 0.15) is 134 Å². The van der Waals surface area contributed by atoms with Crippen molar-refractivity contribution < 1.29 is 4.79 Å². The van der Waals surface area contributed by atoms with Crippen LogP contribution in [0.5, 0.6) is 0 Å². The predicted molar refractivity (Wildman–Crippen MR) is 403 cm³/mol. The van der Waals surface area contributed by atoms with Crippen molar-refractivity contribution in [3.8, 4) is 0 Å². The number of unbranched alkanes of at least 4 members (excludes halogenated alkanes) is 1. The topological polar surface area (TPSA) is 82.4 Å². The largest absolute Gasteiger partial charge is 0.307 e. The molecule has 0 bridgehead atoms. The van der Waals surface area contributed by atoms with E-state index in [0.29, 0.717) is 34.0 Å². The lowest BCUT2D eigenvalue weighted by atomic mass is 10.00. The summed E-state index contributed by atoms with van der Waals surface area (Å²) in [4.78, 5) is 18.3. The van der Waals surface area contributed by atoms with E-state index in [9.17, 15) is 0 Å². The van der Waals surface area contributed by atoms with Gasteiger partial charge in [-0.3, -0.25) is 25.6 Å². The van der Waals surface area contributed by atoms with Crippen molar-refractivity contribution in [1.29, 1.82) is 0 Å². The van der Waals surface area contributed by atoms with E-state index in [2.05, 4.69) is 297 Å². The number of ketones is 1. The van der Waals surface area contributed by atoms with Crippen molar-refractivity contribution in [3.05, 3.63) is 215 Å². The highest BCUT2D eigenvalue weighted by Gasteiger charge is 2.62. The number of carbonyl (C=O) groups excluding carboxylic acids is 1. The number of nitrogens with two attached hydrogens (primary N) is 1. The molecule has 0 radical (unpaired) electrons. The molecule has 6 nitrogen and oxygen atoms in total. The van der Waals surface area contributed by atoms with Gasteiger partial charge in [0.05, 0.1) is 6.04 Å². The van der Waals surface area contributed by atoms with Crippen LogP contribution < -0.4 is 21.7 Å². The number of rotatable bonds is 25. The molecular weight excluding hydrogens is 1280 g/mol. The van der Waals surface area contributed by atoms with Gasteiger partial charge >= 0.3 is 0 Å². The summed E-state index contributed by atoms with van der Waals surface area (Å²) >= 11 is 20.9. The van der Waals surface area contributed by atoms with Gasteiger partial charge in [0.25, 0.3) is 0 Å². The number of thioether (sulfide) groups is 10. The van der Waals surface area contributed by atoms with E-state index in [4.69, 9.17) is 16.4 Å². The third-order valence-electron chi connectivity index (χ3n) is 18.6. The van der Waals surface area contributed by atoms with Gasteiger partial charge in [0.1, 0.15) is 16.8 Å². The van der Waals surface area contributed by atoms with Gasteiger partial charge in [-0.05, 0) is 71.4 Å². The summed E-state index contributed by atoms with van der Waals surface area (Å²) in [5.41, 5.74) is 16.3. The van der Waals surface area contributed by atoms with Crippen molar-refractivity contribution in [2.45, 2.75) is 152 Å². The van der Waals surface area contributed by atoms with Gasteiger partial charge in [-0.1, -0.05) is 229 Å². The molecule has 10 atom stereocenters. The Hall–Kier alpha value is -1.71. The molecule has 474 valence electrons. The molecule has 12 rings (SSSR count). The van der Waals surface area contributed by atoms with Gasteiger partial charge < -0.3 is 5.73 Å². The van der Waals surface area contributed by atoms with E-state index < -0.39 is 21.0 Å². The molecule has 6 aliphatic rings. The lowest BCUT2D eigenvalue weighted by Gasteiger charge is -2.55. The van der Waals surface area contributed by atoms with Crippen LogP contribution in [-0.4, -0.2) is 103 Å². The number of hydrogen-bond donors (Lipinski definition) is 4. The molecule has 6 fully saturated rings. The first-order valence-electron chi connectivity index (χ1n) is 32.5. The maximum Gasteiger partial charge on any atom is 0.176 e. The standard InChI is InChI=1S/C73H91N5OS10/c1-6-7-39-64(69(74)80-48-61(87-69)56-33-20-11-21-34-56)75-70(83-49-62(88-70)57-35-22-12-23-36-57)65(42-51(2)3)76-71(84-50-63(89-71)58-37-24-13-25-38-58)66(43-53-27-14-8-15-28-53)77-72(81-44-59(45-82-72)54-29-16-9-17-30-54)67-40-26-41-78(67)73(68(79)52(4)5)85-46-60(47-86-73)55-31-18-10-19-32-55/h8-25,27-38,51-52,59-67,75-77H,6-7,26,39-50,74H2,1-5H3/t59?,60?,61?,62?,63?,64-,65-,66+,67-,69+,70+,71-,72?,73?/m0/s1. The minimum Gasteiger partial charge on any atom is -0.307 e. The number of likely N-dealkylation sites (tertiary alicyclic amines) is 1. The van der Waals surface area contributed by atoms with E-state index in [0.717, 1.165) is 91.8 Å². The maximum atomic E-state index is 15.6. The van der Waals surface area contributed by atoms with Gasteiger partial charge in [-0.25, -0.2) is 0 Å². The zero-order valence-corrected chi connectivity index (χ0v) is 60.5. The summed E-state index contributed by atoms with van der Waals surface area (Å²) in [5.74, 6) is 8.31. The molecule has 6 aliphatic heterocycles. The Labute approximate surface area is 575 Å². The summed E-state index contributed by atoms with van der Waals surface area (Å²) < 4.78 is -2.62. The van der Waals surface area contributed by atoms with Crippen molar-refractivity contribution in [3.63, 3.8) is 0 Å². The maximum absolute atomic E-state index is 15.6. The summed E-state index contributed by atoms with van der Waals surface area (Å²) in [6, 6.07) is 67.8. The number of benzene rings is 6. The molecule has 0 aliphatic carbocycles. The summed E-state index contributed by atoms with van der Waals surface area (Å²) in [6.07, 6.45) is 7.15. The van der Waals surface area contributed by atoms with Crippen molar-refractivity contribution >= 4 is 123 Å². The fraction of sp³-hybridized carbons (Fsp3) is 0.493. The lowest BCUT2D eigenvalue weighted by Crippen LogP contribution is -2.71. The highest BCUT2D eigenvalue weighted by Crippen LogP contribution is 2.64. The van der Waals surface area contributed by atoms with Crippen LogP contribution >= 0.6 is 118 Å². The summed E-state index contributed by atoms with van der Waals surface area (Å²) in [7, 11) is 0. The molecule has 6 heterocycles. The van der Waals surface area contributed by atoms with Crippen molar-refractivity contribution in [2.75, 3.05) is 46.8 Å². The molecule has 6 aromatic carbocycles. The van der Waals surface area contributed by atoms with E-state index in [-0.39, 0.29) is 35.3 Å². The summed E-state index contributed by atoms with van der Waals surface area (Å²) in [6.45, 7) is 12.4. The third kappa shape index (κ3) is 15.3. The first kappa shape index (κ1) is 67.3. The van der Waals surface area contributed by atoms with E-state index in [1.165, 1.54) is 33.4 Å². The molecule has 0 spiro atoms. The van der Waals surface area contributed by atoms with Gasteiger partial charge in [-0.2, -0.15) is 0 Å². The summed E-state index contributed by atoms with van der Waals surface area (Å²) in [5, 5.41) is 15.4. The predicted octanol–water partition coefficient (Wildman–Crippen LogP) is 18.4. The fourth-order valence-electron chi connectivity index (χ4n) is 13.9. The smallest absolute Gasteiger partial charge is 0.176 e. The van der Waals surface area contributed by atoms with E-state index in [1.807, 2.05) is 47.0 Å². The number of nitrogens with zero attached hydrogens (tertiary/aromatic N) is 1. The minimum absolute atomic E-state index is 0.0300. The lowest BCUT2D eigenvalue weighted by molar-refractivity contribution is -0.126. The Bertz CT molecular complexity index is 3170. The number of carbonyl (C=O) groups is 1. The average Bonchev–Trinajstić information content (AvgIpc) is 1.89. The van der Waals surface area contributed by atoms with Gasteiger partial charge in [0.15, 0.2) is 9.99 Å². The molecular formula is C73H91N5OS10. The van der Waals surface area contributed by atoms with Gasteiger partial charge in [0, 0.05) is 98.4 Å². The van der Waals surface area contributed by atoms with E-state index in [1.54, 1.807) is 0 Å². The quantitative estimate of drug-likeness (QED) is 0.0439. The van der Waals surface area contributed by atoms with Crippen LogP contribution in [0.2, 0.25) is 0 Å². The Morgan fingerprint density at radius 3 is 1.44 bits per heavy atom. The second-order valence-electron chi connectivity index (χ2n) is 25.7. The monoisotopic (exact) mass is 1370 g/mol. The number of Topliss-reactive ketones (excluding diaryl/α,β-unsaturated/α-hetero) is 1. The van der Waals surface area contributed by atoms with Gasteiger partial charge in [-0.15, -0.1) is 118 Å². The molecule has 5 N–H and O–H groups in total. The molecule has 0 amide bonds. The van der Waals surface area contributed by atoms with E-state index >= 15 is 4.79 Å². The van der Waals surface area contributed by atoms with Crippen LogP contribution in [-0.2, 0) is 11.2 Å². The highest BCUT2D eigenvalue weighted by molar-refractivity contribution is 8.23. The SMILES string of the molecule is CCCC[C@H](N[C@]1([C@H](CC(C)C)N[C@@]2([C@@H](Cc3ccccc3)NC3([C@@H]4CCCN4C4(C(=O)C(C)C)SCC(c5ccccc5)CS4)SCC(c4ccccc4)CS3)SCC(c3ccccc3)S2)SCC(c2ccccc2)S1)[C@@]1(N)SCC(c2ccccc2)S1. The molecule has 3 unspecified atom stereocenters. The molecule has 0 aromatic heterocycles. The first-order chi connectivity index (χ1) is 43.3. The minimum atomic E-state index is -0.689. The Kier molecular flexibility index (Phi) is 23.1. The zero-order chi connectivity index (χ0) is 61.5.